The maximum atomic E-state index is 2.45. The molecule has 0 amide bonds. The van der Waals surface area contributed by atoms with E-state index in [1.54, 1.807) is 0 Å². The molecule has 0 aliphatic carbocycles. The number of hydrogen-bond acceptors (Lipinski definition) is 0. The fourth-order valence-corrected chi connectivity index (χ4v) is 1.50. The summed E-state index contributed by atoms with van der Waals surface area (Å²) < 4.78 is 1.33. The molecule has 0 aliphatic rings. The largest absolute Gasteiger partial charge is 0.0864 e. The highest BCUT2D eigenvalue weighted by atomic mass is 127. The molecule has 0 fully saturated rings. The highest BCUT2D eigenvalue weighted by molar-refractivity contribution is 14.1. The molecule has 1 heteroatoms. The van der Waals surface area contributed by atoms with Gasteiger partial charge in [-0.15, -0.1) is 0 Å². The van der Waals surface area contributed by atoms with Crippen molar-refractivity contribution < 1.29 is 0 Å². The van der Waals surface area contributed by atoms with Crippen molar-refractivity contribution in [1.29, 1.82) is 0 Å². The van der Waals surface area contributed by atoms with Crippen molar-refractivity contribution in [2.45, 2.75) is 39.5 Å². The van der Waals surface area contributed by atoms with Crippen LogP contribution in [0.1, 0.15) is 39.5 Å². The Balaban J connectivity index is 3.09. The third kappa shape index (κ3) is 5.19. The molecule has 56 valence electrons. The standard InChI is InChI=1S/C8H17I/c1-3-8(4-2)6-5-7-9/h8H,3-7H2,1-2H3. The molecule has 0 unspecified atom stereocenters. The zero-order valence-corrected chi connectivity index (χ0v) is 8.65. The summed E-state index contributed by atoms with van der Waals surface area (Å²) in [6.07, 6.45) is 5.59. The summed E-state index contributed by atoms with van der Waals surface area (Å²) in [4.78, 5) is 0. The minimum absolute atomic E-state index is 1.000. The van der Waals surface area contributed by atoms with Crippen LogP contribution in [0.3, 0.4) is 0 Å². The van der Waals surface area contributed by atoms with Crippen molar-refractivity contribution in [2.75, 3.05) is 4.43 Å². The Hall–Kier alpha value is 0.730. The first-order valence-electron chi connectivity index (χ1n) is 3.91. The Morgan fingerprint density at radius 2 is 1.78 bits per heavy atom. The van der Waals surface area contributed by atoms with Crippen molar-refractivity contribution in [3.63, 3.8) is 0 Å². The molecule has 0 aromatic heterocycles. The highest BCUT2D eigenvalue weighted by Gasteiger charge is 2.00. The van der Waals surface area contributed by atoms with Gasteiger partial charge in [0.15, 0.2) is 0 Å². The molecule has 0 saturated heterocycles. The molecule has 0 nitrogen and oxygen atoms in total. The lowest BCUT2D eigenvalue weighted by Gasteiger charge is -2.09. The average molecular weight is 240 g/mol. The first kappa shape index (κ1) is 9.73. The van der Waals surface area contributed by atoms with Gasteiger partial charge in [0, 0.05) is 0 Å². The van der Waals surface area contributed by atoms with Crippen LogP contribution in [0.25, 0.3) is 0 Å². The van der Waals surface area contributed by atoms with Gasteiger partial charge in [0.2, 0.25) is 0 Å². The molecule has 0 bridgehead atoms. The summed E-state index contributed by atoms with van der Waals surface area (Å²) in [7, 11) is 0. The number of halogens is 1. The molecule has 0 aromatic carbocycles. The van der Waals surface area contributed by atoms with Gasteiger partial charge >= 0.3 is 0 Å². The van der Waals surface area contributed by atoms with E-state index in [4.69, 9.17) is 0 Å². The second kappa shape index (κ2) is 6.84. The van der Waals surface area contributed by atoms with Crippen LogP contribution in [0.5, 0.6) is 0 Å². The van der Waals surface area contributed by atoms with Gasteiger partial charge in [-0.05, 0) is 23.2 Å². The fourth-order valence-electron chi connectivity index (χ4n) is 1.06. The van der Waals surface area contributed by atoms with E-state index in [1.807, 2.05) is 0 Å². The van der Waals surface area contributed by atoms with Crippen molar-refractivity contribution in [2.24, 2.45) is 5.92 Å². The first-order chi connectivity index (χ1) is 4.35. The maximum absolute atomic E-state index is 2.45. The zero-order chi connectivity index (χ0) is 7.11. The highest BCUT2D eigenvalue weighted by Crippen LogP contribution is 2.14. The van der Waals surface area contributed by atoms with Crippen LogP contribution in [-0.2, 0) is 0 Å². The Bertz CT molecular complexity index is 48.5. The average Bonchev–Trinajstić information content (AvgIpc) is 1.91. The van der Waals surface area contributed by atoms with Crippen LogP contribution in [0.2, 0.25) is 0 Å². The topological polar surface area (TPSA) is 0 Å². The molecule has 0 radical (unpaired) electrons. The molecule has 0 aliphatic heterocycles. The maximum Gasteiger partial charge on any atom is -0.000463 e. The number of alkyl halides is 1. The Morgan fingerprint density at radius 1 is 1.22 bits per heavy atom. The van der Waals surface area contributed by atoms with Gasteiger partial charge in [0.1, 0.15) is 0 Å². The Labute approximate surface area is 72.6 Å². The van der Waals surface area contributed by atoms with Crippen molar-refractivity contribution in [3.05, 3.63) is 0 Å². The second-order valence-corrected chi connectivity index (χ2v) is 3.59. The molecule has 0 N–H and O–H groups in total. The summed E-state index contributed by atoms with van der Waals surface area (Å²) in [5.41, 5.74) is 0. The lowest BCUT2D eigenvalue weighted by molar-refractivity contribution is 0.453. The van der Waals surface area contributed by atoms with E-state index in [0.717, 1.165) is 5.92 Å². The molecular formula is C8H17I. The predicted octanol–water partition coefficient (Wildman–Crippen LogP) is 3.64. The van der Waals surface area contributed by atoms with E-state index >= 15 is 0 Å². The Kier molecular flexibility index (Phi) is 7.40. The predicted molar refractivity (Wildman–Crippen MR) is 52.2 cm³/mol. The van der Waals surface area contributed by atoms with E-state index in [2.05, 4.69) is 36.4 Å². The van der Waals surface area contributed by atoms with Crippen molar-refractivity contribution in [1.82, 2.24) is 0 Å². The van der Waals surface area contributed by atoms with Gasteiger partial charge in [-0.1, -0.05) is 49.3 Å². The molecular weight excluding hydrogens is 223 g/mol. The normalized spacial score (nSPS) is 10.7. The summed E-state index contributed by atoms with van der Waals surface area (Å²) in [5, 5.41) is 0. The minimum Gasteiger partial charge on any atom is -0.0864 e. The molecule has 0 spiro atoms. The van der Waals surface area contributed by atoms with Crippen molar-refractivity contribution in [3.8, 4) is 0 Å². The third-order valence-electron chi connectivity index (χ3n) is 1.90. The number of hydrogen-bond donors (Lipinski definition) is 0. The van der Waals surface area contributed by atoms with Crippen LogP contribution in [0.15, 0.2) is 0 Å². The van der Waals surface area contributed by atoms with Gasteiger partial charge in [0.05, 0.1) is 0 Å². The molecule has 0 heterocycles. The fraction of sp³-hybridized carbons (Fsp3) is 1.00. The summed E-state index contributed by atoms with van der Waals surface area (Å²) in [5.74, 6) is 1.000. The van der Waals surface area contributed by atoms with E-state index in [-0.39, 0.29) is 0 Å². The van der Waals surface area contributed by atoms with E-state index in [1.165, 1.54) is 30.1 Å². The Morgan fingerprint density at radius 3 is 2.11 bits per heavy atom. The van der Waals surface area contributed by atoms with E-state index < -0.39 is 0 Å². The molecule has 9 heavy (non-hydrogen) atoms. The van der Waals surface area contributed by atoms with E-state index in [0.29, 0.717) is 0 Å². The lowest BCUT2D eigenvalue weighted by Crippen LogP contribution is -1.96. The smallest absolute Gasteiger partial charge is 0.000463 e. The van der Waals surface area contributed by atoms with Crippen LogP contribution < -0.4 is 0 Å². The van der Waals surface area contributed by atoms with Crippen LogP contribution in [0, 0.1) is 5.92 Å². The van der Waals surface area contributed by atoms with Crippen LogP contribution in [-0.4, -0.2) is 4.43 Å². The summed E-state index contributed by atoms with van der Waals surface area (Å²) in [6.45, 7) is 4.59. The van der Waals surface area contributed by atoms with Gasteiger partial charge in [0.25, 0.3) is 0 Å². The SMILES string of the molecule is CCC(CC)CCCI. The second-order valence-electron chi connectivity index (χ2n) is 2.51. The molecule has 0 rings (SSSR count). The van der Waals surface area contributed by atoms with Crippen LogP contribution >= 0.6 is 22.6 Å². The van der Waals surface area contributed by atoms with Crippen LogP contribution in [0.4, 0.5) is 0 Å². The van der Waals surface area contributed by atoms with Gasteiger partial charge in [-0.2, -0.15) is 0 Å². The molecule has 0 aromatic rings. The molecule has 0 atom stereocenters. The third-order valence-corrected chi connectivity index (χ3v) is 2.66. The first-order valence-corrected chi connectivity index (χ1v) is 5.43. The monoisotopic (exact) mass is 240 g/mol. The van der Waals surface area contributed by atoms with Gasteiger partial charge < -0.3 is 0 Å². The summed E-state index contributed by atoms with van der Waals surface area (Å²) in [6, 6.07) is 0. The van der Waals surface area contributed by atoms with Gasteiger partial charge in [-0.25, -0.2) is 0 Å². The van der Waals surface area contributed by atoms with Gasteiger partial charge in [-0.3, -0.25) is 0 Å². The van der Waals surface area contributed by atoms with E-state index in [9.17, 15) is 0 Å². The minimum atomic E-state index is 1.000. The quantitative estimate of drug-likeness (QED) is 0.508. The summed E-state index contributed by atoms with van der Waals surface area (Å²) >= 11 is 2.45. The van der Waals surface area contributed by atoms with Crippen molar-refractivity contribution >= 4 is 22.6 Å². The number of rotatable bonds is 5. The zero-order valence-electron chi connectivity index (χ0n) is 6.49. The lowest BCUT2D eigenvalue weighted by atomic mass is 9.98. The molecule has 0 saturated carbocycles.